The maximum atomic E-state index is 6.10. The van der Waals surface area contributed by atoms with E-state index in [0.717, 1.165) is 26.2 Å². The van der Waals surface area contributed by atoms with Crippen LogP contribution in [0.5, 0.6) is 0 Å². The van der Waals surface area contributed by atoms with Crippen molar-refractivity contribution >= 4 is 0 Å². The zero-order valence-corrected chi connectivity index (χ0v) is 9.97. The van der Waals surface area contributed by atoms with Crippen molar-refractivity contribution in [3.63, 3.8) is 0 Å². The van der Waals surface area contributed by atoms with Gasteiger partial charge < -0.3 is 10.5 Å². The first-order valence-corrected chi connectivity index (χ1v) is 5.68. The van der Waals surface area contributed by atoms with Crippen molar-refractivity contribution < 1.29 is 4.74 Å². The molecule has 2 unspecified atom stereocenters. The highest BCUT2D eigenvalue weighted by molar-refractivity contribution is 5.04. The molecule has 2 rings (SSSR count). The van der Waals surface area contributed by atoms with Gasteiger partial charge in [0.2, 0.25) is 0 Å². The first kappa shape index (κ1) is 11.6. The van der Waals surface area contributed by atoms with Crippen LogP contribution in [0, 0.1) is 0 Å². The Bertz CT molecular complexity index is 338. The predicted molar refractivity (Wildman–Crippen MR) is 61.9 cm³/mol. The van der Waals surface area contributed by atoms with E-state index in [1.807, 2.05) is 24.1 Å². The monoisotopic (exact) mass is 224 g/mol. The van der Waals surface area contributed by atoms with Gasteiger partial charge in [0.1, 0.15) is 0 Å². The lowest BCUT2D eigenvalue weighted by Crippen LogP contribution is -2.51. The van der Waals surface area contributed by atoms with Gasteiger partial charge in [0.05, 0.1) is 12.8 Å². The average molecular weight is 224 g/mol. The van der Waals surface area contributed by atoms with Crippen LogP contribution in [-0.2, 0) is 18.3 Å². The molecule has 2 N–H and O–H groups in total. The Morgan fingerprint density at radius 1 is 1.69 bits per heavy atom. The molecule has 5 heteroatoms. The standard InChI is InChI=1S/C11H20N4O/c1-14(6-9-5-13-15(2)7-9)11-8-16-4-3-10(11)12/h5,7,10-11H,3-4,6,8,12H2,1-2H3. The second-order valence-corrected chi connectivity index (χ2v) is 4.53. The number of hydrogen-bond acceptors (Lipinski definition) is 4. The van der Waals surface area contributed by atoms with E-state index in [1.54, 1.807) is 0 Å². The minimum absolute atomic E-state index is 0.218. The maximum absolute atomic E-state index is 6.10. The maximum Gasteiger partial charge on any atom is 0.0636 e. The van der Waals surface area contributed by atoms with E-state index in [1.165, 1.54) is 5.56 Å². The number of nitrogens with two attached hydrogens (primary N) is 1. The lowest BCUT2D eigenvalue weighted by atomic mass is 10.0. The Hall–Kier alpha value is -0.910. The van der Waals surface area contributed by atoms with Crippen LogP contribution in [0.15, 0.2) is 12.4 Å². The second kappa shape index (κ2) is 4.95. The number of ether oxygens (including phenoxy) is 1. The van der Waals surface area contributed by atoms with Gasteiger partial charge in [0, 0.05) is 44.0 Å². The van der Waals surface area contributed by atoms with Crippen molar-refractivity contribution in [2.24, 2.45) is 12.8 Å². The molecule has 1 aliphatic heterocycles. The molecule has 1 aliphatic rings. The molecule has 0 amide bonds. The number of rotatable bonds is 3. The van der Waals surface area contributed by atoms with Crippen molar-refractivity contribution in [2.75, 3.05) is 20.3 Å². The van der Waals surface area contributed by atoms with Crippen LogP contribution in [0.2, 0.25) is 0 Å². The number of nitrogens with zero attached hydrogens (tertiary/aromatic N) is 3. The molecule has 2 atom stereocenters. The lowest BCUT2D eigenvalue weighted by molar-refractivity contribution is 0.0127. The summed E-state index contributed by atoms with van der Waals surface area (Å²) < 4.78 is 7.29. The van der Waals surface area contributed by atoms with Gasteiger partial charge in [-0.25, -0.2) is 0 Å². The third-order valence-electron chi connectivity index (χ3n) is 3.13. The van der Waals surface area contributed by atoms with Crippen LogP contribution in [0.3, 0.4) is 0 Å². The number of aryl methyl sites for hydroxylation is 1. The van der Waals surface area contributed by atoms with Gasteiger partial charge in [-0.15, -0.1) is 0 Å². The molecule has 0 saturated carbocycles. The van der Waals surface area contributed by atoms with Crippen molar-refractivity contribution in [3.05, 3.63) is 18.0 Å². The summed E-state index contributed by atoms with van der Waals surface area (Å²) in [6, 6.07) is 0.532. The van der Waals surface area contributed by atoms with Crippen LogP contribution < -0.4 is 5.73 Å². The van der Waals surface area contributed by atoms with Crippen molar-refractivity contribution in [1.29, 1.82) is 0 Å². The van der Waals surface area contributed by atoms with Gasteiger partial charge in [-0.05, 0) is 13.5 Å². The average Bonchev–Trinajstić information content (AvgIpc) is 2.64. The normalized spacial score (nSPS) is 26.2. The molecular weight excluding hydrogens is 204 g/mol. The summed E-state index contributed by atoms with van der Waals surface area (Å²) in [5, 5.41) is 4.16. The highest BCUT2D eigenvalue weighted by atomic mass is 16.5. The summed E-state index contributed by atoms with van der Waals surface area (Å²) in [5.41, 5.74) is 7.31. The van der Waals surface area contributed by atoms with Gasteiger partial charge >= 0.3 is 0 Å². The van der Waals surface area contributed by atoms with E-state index in [2.05, 4.69) is 17.0 Å². The Balaban J connectivity index is 1.93. The summed E-state index contributed by atoms with van der Waals surface area (Å²) in [6.07, 6.45) is 4.87. The third kappa shape index (κ3) is 2.61. The van der Waals surface area contributed by atoms with Gasteiger partial charge in [0.15, 0.2) is 0 Å². The molecule has 0 radical (unpaired) electrons. The van der Waals surface area contributed by atoms with Gasteiger partial charge in [-0.1, -0.05) is 0 Å². The van der Waals surface area contributed by atoms with Gasteiger partial charge in [-0.2, -0.15) is 5.10 Å². The summed E-state index contributed by atoms with van der Waals surface area (Å²) >= 11 is 0. The highest BCUT2D eigenvalue weighted by Crippen LogP contribution is 2.13. The van der Waals surface area contributed by atoms with E-state index < -0.39 is 0 Å². The summed E-state index contributed by atoms with van der Waals surface area (Å²) in [4.78, 5) is 2.25. The molecule has 0 aliphatic carbocycles. The Kier molecular flexibility index (Phi) is 3.58. The first-order valence-electron chi connectivity index (χ1n) is 5.68. The summed E-state index contributed by atoms with van der Waals surface area (Å²) in [7, 11) is 4.02. The quantitative estimate of drug-likeness (QED) is 0.783. The Morgan fingerprint density at radius 3 is 3.12 bits per heavy atom. The molecule has 90 valence electrons. The Labute approximate surface area is 96.2 Å². The van der Waals surface area contributed by atoms with Crippen molar-refractivity contribution in [1.82, 2.24) is 14.7 Å². The fourth-order valence-electron chi connectivity index (χ4n) is 2.15. The third-order valence-corrected chi connectivity index (χ3v) is 3.13. The molecular formula is C11H20N4O. The zero-order valence-electron chi connectivity index (χ0n) is 9.97. The Morgan fingerprint density at radius 2 is 2.50 bits per heavy atom. The van der Waals surface area contributed by atoms with Gasteiger partial charge in [0.25, 0.3) is 0 Å². The molecule has 0 bridgehead atoms. The van der Waals surface area contributed by atoms with Crippen LogP contribution >= 0.6 is 0 Å². The number of hydrogen-bond donors (Lipinski definition) is 1. The van der Waals surface area contributed by atoms with E-state index in [-0.39, 0.29) is 6.04 Å². The first-order chi connectivity index (χ1) is 7.66. The van der Waals surface area contributed by atoms with Crippen LogP contribution in [0.1, 0.15) is 12.0 Å². The van der Waals surface area contributed by atoms with Crippen LogP contribution in [0.25, 0.3) is 0 Å². The van der Waals surface area contributed by atoms with Gasteiger partial charge in [-0.3, -0.25) is 9.58 Å². The smallest absolute Gasteiger partial charge is 0.0636 e. The summed E-state index contributed by atoms with van der Waals surface area (Å²) in [5.74, 6) is 0. The van der Waals surface area contributed by atoms with E-state index in [4.69, 9.17) is 10.5 Å². The SMILES string of the molecule is CN(Cc1cnn(C)c1)C1COCCC1N. The second-order valence-electron chi connectivity index (χ2n) is 4.53. The fourth-order valence-corrected chi connectivity index (χ4v) is 2.15. The molecule has 0 aromatic carbocycles. The van der Waals surface area contributed by atoms with Crippen molar-refractivity contribution in [2.45, 2.75) is 25.0 Å². The molecule has 1 saturated heterocycles. The van der Waals surface area contributed by atoms with Crippen LogP contribution in [-0.4, -0.2) is 47.0 Å². The summed E-state index contributed by atoms with van der Waals surface area (Å²) in [6.45, 7) is 2.39. The predicted octanol–water partition coefficient (Wildman–Crippen LogP) is -0.0319. The topological polar surface area (TPSA) is 56.3 Å². The zero-order chi connectivity index (χ0) is 11.5. The molecule has 1 aromatic heterocycles. The minimum atomic E-state index is 0.218. The number of aromatic nitrogens is 2. The van der Waals surface area contributed by atoms with E-state index >= 15 is 0 Å². The van der Waals surface area contributed by atoms with E-state index in [0.29, 0.717) is 6.04 Å². The minimum Gasteiger partial charge on any atom is -0.380 e. The molecule has 1 fully saturated rings. The molecule has 1 aromatic rings. The lowest BCUT2D eigenvalue weighted by Gasteiger charge is -2.35. The highest BCUT2D eigenvalue weighted by Gasteiger charge is 2.26. The van der Waals surface area contributed by atoms with Crippen LogP contribution in [0.4, 0.5) is 0 Å². The molecule has 5 nitrogen and oxygen atoms in total. The van der Waals surface area contributed by atoms with E-state index in [9.17, 15) is 0 Å². The molecule has 2 heterocycles. The van der Waals surface area contributed by atoms with Crippen molar-refractivity contribution in [3.8, 4) is 0 Å². The largest absolute Gasteiger partial charge is 0.380 e. The molecule has 16 heavy (non-hydrogen) atoms. The number of likely N-dealkylation sites (N-methyl/N-ethyl adjacent to an activating group) is 1. The molecule has 0 spiro atoms. The fraction of sp³-hybridized carbons (Fsp3) is 0.727.